The summed E-state index contributed by atoms with van der Waals surface area (Å²) in [7, 11) is -3.73. The minimum atomic E-state index is -3.73. The molecule has 1 aliphatic heterocycles. The molecular formula is C14H20N4O2S. The molecule has 6 nitrogen and oxygen atoms in total. The molecule has 114 valence electrons. The number of hydrogen-bond donors (Lipinski definition) is 1. The molecule has 0 aromatic carbocycles. The van der Waals surface area contributed by atoms with Crippen molar-refractivity contribution in [3.8, 4) is 6.07 Å². The van der Waals surface area contributed by atoms with E-state index in [0.29, 0.717) is 12.5 Å². The number of rotatable bonds is 4. The third-order valence-electron chi connectivity index (χ3n) is 4.08. The quantitative estimate of drug-likeness (QED) is 0.897. The number of pyridine rings is 1. The van der Waals surface area contributed by atoms with Gasteiger partial charge in [-0.2, -0.15) is 9.57 Å². The van der Waals surface area contributed by atoms with E-state index in [1.807, 2.05) is 6.07 Å². The van der Waals surface area contributed by atoms with Gasteiger partial charge in [0.1, 0.15) is 11.0 Å². The lowest BCUT2D eigenvalue weighted by atomic mass is 9.90. The van der Waals surface area contributed by atoms with Crippen LogP contribution in [-0.4, -0.2) is 36.8 Å². The van der Waals surface area contributed by atoms with Crippen molar-refractivity contribution in [2.24, 2.45) is 11.7 Å². The minimum Gasteiger partial charge on any atom is -0.329 e. The summed E-state index contributed by atoms with van der Waals surface area (Å²) in [5.74, 6) is 0.509. The fourth-order valence-electron chi connectivity index (χ4n) is 2.82. The van der Waals surface area contributed by atoms with E-state index in [0.717, 1.165) is 19.3 Å². The number of nitriles is 1. The molecule has 1 aromatic rings. The highest BCUT2D eigenvalue weighted by Crippen LogP contribution is 2.30. The SMILES string of the molecule is CCC1CCN(S(=O)(=O)c2cccnc2C#N)C(CN)C1. The van der Waals surface area contributed by atoms with Crippen LogP contribution in [0.15, 0.2) is 23.2 Å². The van der Waals surface area contributed by atoms with E-state index < -0.39 is 10.0 Å². The van der Waals surface area contributed by atoms with Gasteiger partial charge in [0.15, 0.2) is 5.69 Å². The first kappa shape index (κ1) is 15.9. The summed E-state index contributed by atoms with van der Waals surface area (Å²) in [6.45, 7) is 2.84. The van der Waals surface area contributed by atoms with E-state index in [1.165, 1.54) is 22.6 Å². The summed E-state index contributed by atoms with van der Waals surface area (Å²) < 4.78 is 27.1. The van der Waals surface area contributed by atoms with Crippen molar-refractivity contribution in [2.75, 3.05) is 13.1 Å². The molecule has 2 heterocycles. The lowest BCUT2D eigenvalue weighted by Crippen LogP contribution is -2.49. The van der Waals surface area contributed by atoms with Gasteiger partial charge in [0.05, 0.1) is 0 Å². The lowest BCUT2D eigenvalue weighted by molar-refractivity contribution is 0.197. The van der Waals surface area contributed by atoms with Crippen molar-refractivity contribution < 1.29 is 8.42 Å². The third-order valence-corrected chi connectivity index (χ3v) is 6.07. The molecule has 0 spiro atoms. The van der Waals surface area contributed by atoms with E-state index in [1.54, 1.807) is 0 Å². The number of aromatic nitrogens is 1. The minimum absolute atomic E-state index is 0.0269. The summed E-state index contributed by atoms with van der Waals surface area (Å²) in [6.07, 6.45) is 4.05. The molecule has 0 saturated carbocycles. The van der Waals surface area contributed by atoms with Crippen LogP contribution in [0.1, 0.15) is 31.9 Å². The first-order valence-electron chi connectivity index (χ1n) is 7.11. The summed E-state index contributed by atoms with van der Waals surface area (Å²) in [6, 6.07) is 4.60. The standard InChI is InChI=1S/C14H20N4O2S/c1-2-11-5-7-18(12(8-11)9-15)21(19,20)14-4-3-6-17-13(14)10-16/h3-4,6,11-12H,2,5,7-9,15H2,1H3. The van der Waals surface area contributed by atoms with Crippen molar-refractivity contribution in [3.63, 3.8) is 0 Å². The maximum atomic E-state index is 12.8. The van der Waals surface area contributed by atoms with Gasteiger partial charge < -0.3 is 5.73 Å². The third kappa shape index (κ3) is 3.07. The Balaban J connectivity index is 2.37. The van der Waals surface area contributed by atoms with Gasteiger partial charge in [0, 0.05) is 25.3 Å². The molecule has 0 bridgehead atoms. The van der Waals surface area contributed by atoms with Crippen molar-refractivity contribution >= 4 is 10.0 Å². The molecule has 2 atom stereocenters. The van der Waals surface area contributed by atoms with Crippen LogP contribution >= 0.6 is 0 Å². The van der Waals surface area contributed by atoms with Crippen LogP contribution in [-0.2, 0) is 10.0 Å². The molecule has 1 aliphatic rings. The molecule has 2 rings (SSSR count). The Morgan fingerprint density at radius 2 is 2.33 bits per heavy atom. The normalized spacial score (nSPS) is 23.7. The highest BCUT2D eigenvalue weighted by atomic mass is 32.2. The Bertz CT molecular complexity index is 639. The van der Waals surface area contributed by atoms with Crippen LogP contribution in [0.5, 0.6) is 0 Å². The van der Waals surface area contributed by atoms with Gasteiger partial charge in [-0.25, -0.2) is 13.4 Å². The molecule has 0 aliphatic carbocycles. The Morgan fingerprint density at radius 1 is 1.57 bits per heavy atom. The van der Waals surface area contributed by atoms with Crippen LogP contribution < -0.4 is 5.73 Å². The summed E-state index contributed by atoms with van der Waals surface area (Å²) in [4.78, 5) is 3.82. The molecule has 1 aromatic heterocycles. The predicted octanol–water partition coefficient (Wildman–Crippen LogP) is 1.09. The van der Waals surface area contributed by atoms with Crippen LogP contribution in [0.2, 0.25) is 0 Å². The monoisotopic (exact) mass is 308 g/mol. The number of nitrogens with zero attached hydrogens (tertiary/aromatic N) is 3. The Hall–Kier alpha value is -1.49. The van der Waals surface area contributed by atoms with Gasteiger partial charge in [-0.3, -0.25) is 0 Å². The molecule has 1 fully saturated rings. The molecule has 1 saturated heterocycles. The van der Waals surface area contributed by atoms with Gasteiger partial charge in [0.25, 0.3) is 0 Å². The summed E-state index contributed by atoms with van der Waals surface area (Å²) in [5.41, 5.74) is 5.71. The fourth-order valence-corrected chi connectivity index (χ4v) is 4.58. The topological polar surface area (TPSA) is 100 Å². The first-order chi connectivity index (χ1) is 10.0. The maximum Gasteiger partial charge on any atom is 0.246 e. The number of hydrogen-bond acceptors (Lipinski definition) is 5. The number of sulfonamides is 1. The molecular weight excluding hydrogens is 288 g/mol. The van der Waals surface area contributed by atoms with E-state index in [-0.39, 0.29) is 23.2 Å². The fraction of sp³-hybridized carbons (Fsp3) is 0.571. The highest BCUT2D eigenvalue weighted by Gasteiger charge is 2.36. The average molecular weight is 308 g/mol. The van der Waals surface area contributed by atoms with Crippen LogP contribution in [0.3, 0.4) is 0 Å². The average Bonchev–Trinajstić information content (AvgIpc) is 2.53. The number of piperidine rings is 1. The summed E-state index contributed by atoms with van der Waals surface area (Å²) in [5, 5.41) is 9.06. The number of nitrogens with two attached hydrogens (primary N) is 1. The van der Waals surface area contributed by atoms with Crippen molar-refractivity contribution in [1.82, 2.24) is 9.29 Å². The molecule has 2 unspecified atom stereocenters. The van der Waals surface area contributed by atoms with E-state index >= 15 is 0 Å². The second kappa shape index (κ2) is 6.52. The smallest absolute Gasteiger partial charge is 0.246 e. The molecule has 7 heteroatoms. The Labute approximate surface area is 125 Å². The van der Waals surface area contributed by atoms with E-state index in [2.05, 4.69) is 11.9 Å². The Kier molecular flexibility index (Phi) is 4.93. The largest absolute Gasteiger partial charge is 0.329 e. The maximum absolute atomic E-state index is 12.8. The van der Waals surface area contributed by atoms with E-state index in [9.17, 15) is 8.42 Å². The lowest BCUT2D eigenvalue weighted by Gasteiger charge is -2.37. The zero-order valence-electron chi connectivity index (χ0n) is 12.1. The second-order valence-corrected chi connectivity index (χ2v) is 7.12. The van der Waals surface area contributed by atoms with Crippen LogP contribution in [0, 0.1) is 17.2 Å². The van der Waals surface area contributed by atoms with Crippen LogP contribution in [0.4, 0.5) is 0 Å². The first-order valence-corrected chi connectivity index (χ1v) is 8.55. The zero-order valence-corrected chi connectivity index (χ0v) is 12.9. The molecule has 2 N–H and O–H groups in total. The van der Waals surface area contributed by atoms with Crippen LogP contribution in [0.25, 0.3) is 0 Å². The highest BCUT2D eigenvalue weighted by molar-refractivity contribution is 7.89. The Morgan fingerprint density at radius 3 is 2.95 bits per heavy atom. The molecule has 0 amide bonds. The zero-order chi connectivity index (χ0) is 15.5. The van der Waals surface area contributed by atoms with Crippen molar-refractivity contribution in [1.29, 1.82) is 5.26 Å². The molecule has 21 heavy (non-hydrogen) atoms. The van der Waals surface area contributed by atoms with Crippen molar-refractivity contribution in [2.45, 2.75) is 37.1 Å². The van der Waals surface area contributed by atoms with E-state index in [4.69, 9.17) is 11.0 Å². The second-order valence-electron chi connectivity index (χ2n) is 5.27. The van der Waals surface area contributed by atoms with Gasteiger partial charge in [-0.15, -0.1) is 0 Å². The predicted molar refractivity (Wildman–Crippen MR) is 78.7 cm³/mol. The van der Waals surface area contributed by atoms with Gasteiger partial charge in [-0.05, 0) is 30.9 Å². The molecule has 0 radical (unpaired) electrons. The van der Waals surface area contributed by atoms with Gasteiger partial charge >= 0.3 is 0 Å². The summed E-state index contributed by atoms with van der Waals surface area (Å²) >= 11 is 0. The van der Waals surface area contributed by atoms with Gasteiger partial charge in [-0.1, -0.05) is 13.3 Å². The van der Waals surface area contributed by atoms with Gasteiger partial charge in [0.2, 0.25) is 10.0 Å². The van der Waals surface area contributed by atoms with Crippen molar-refractivity contribution in [3.05, 3.63) is 24.0 Å².